The maximum absolute atomic E-state index is 10.9. The lowest BCUT2D eigenvalue weighted by Crippen LogP contribution is -2.36. The van der Waals surface area contributed by atoms with E-state index < -0.39 is 0 Å². The molecule has 1 aliphatic heterocycles. The summed E-state index contributed by atoms with van der Waals surface area (Å²) in [7, 11) is 0. The van der Waals surface area contributed by atoms with Gasteiger partial charge in [0.2, 0.25) is 5.91 Å². The second kappa shape index (κ2) is 5.28. The van der Waals surface area contributed by atoms with Crippen molar-refractivity contribution in [2.75, 3.05) is 13.1 Å². The maximum Gasteiger partial charge on any atom is 0.220 e. The van der Waals surface area contributed by atoms with Crippen molar-refractivity contribution in [2.24, 2.45) is 0 Å². The molecule has 0 aliphatic carbocycles. The summed E-state index contributed by atoms with van der Waals surface area (Å²) >= 11 is 1.74. The number of rotatable bonds is 5. The van der Waals surface area contributed by atoms with Crippen molar-refractivity contribution < 1.29 is 4.79 Å². The third-order valence-corrected chi connectivity index (χ3v) is 3.38. The van der Waals surface area contributed by atoms with Crippen molar-refractivity contribution in [1.29, 1.82) is 0 Å². The van der Waals surface area contributed by atoms with Crippen LogP contribution in [0.2, 0.25) is 0 Å². The molecule has 1 aromatic rings. The van der Waals surface area contributed by atoms with Gasteiger partial charge in [0.1, 0.15) is 0 Å². The molecule has 0 aromatic carbocycles. The summed E-state index contributed by atoms with van der Waals surface area (Å²) in [5, 5.41) is 10.6. The normalized spacial score (nSPS) is 20.5. The lowest BCUT2D eigenvalue weighted by atomic mass is 10.2. The van der Waals surface area contributed by atoms with Crippen molar-refractivity contribution >= 4 is 17.2 Å². The van der Waals surface area contributed by atoms with Crippen molar-refractivity contribution in [3.05, 3.63) is 22.4 Å². The van der Waals surface area contributed by atoms with Gasteiger partial charge in [0.25, 0.3) is 0 Å². The molecule has 1 saturated heterocycles. The number of thiophene rings is 1. The minimum Gasteiger partial charge on any atom is -0.352 e. The number of nitrogens with one attached hydrogen (secondary N) is 2. The highest BCUT2D eigenvalue weighted by molar-refractivity contribution is 7.07. The van der Waals surface area contributed by atoms with Gasteiger partial charge in [-0.15, -0.1) is 0 Å². The zero-order chi connectivity index (χ0) is 10.5. The second-order valence-electron chi connectivity index (χ2n) is 3.89. The quantitative estimate of drug-likeness (QED) is 0.737. The van der Waals surface area contributed by atoms with E-state index in [0.717, 1.165) is 25.9 Å². The minimum absolute atomic E-state index is 0.194. The Morgan fingerprint density at radius 3 is 3.20 bits per heavy atom. The van der Waals surface area contributed by atoms with E-state index in [1.807, 2.05) is 0 Å². The average Bonchev–Trinajstić information content (AvgIpc) is 2.84. The third kappa shape index (κ3) is 3.32. The SMILES string of the molecule is O=C1CCC(CNCCc2ccsc2)N1. The topological polar surface area (TPSA) is 41.1 Å². The second-order valence-corrected chi connectivity index (χ2v) is 4.67. The van der Waals surface area contributed by atoms with Crippen molar-refractivity contribution in [1.82, 2.24) is 10.6 Å². The predicted molar refractivity (Wildman–Crippen MR) is 62.1 cm³/mol. The first-order valence-electron chi connectivity index (χ1n) is 5.36. The Hall–Kier alpha value is -0.870. The van der Waals surface area contributed by atoms with E-state index in [1.54, 1.807) is 11.3 Å². The monoisotopic (exact) mass is 224 g/mol. The highest BCUT2D eigenvalue weighted by Crippen LogP contribution is 2.07. The molecular formula is C11H16N2OS. The Morgan fingerprint density at radius 2 is 2.53 bits per heavy atom. The minimum atomic E-state index is 0.194. The molecule has 1 fully saturated rings. The van der Waals surface area contributed by atoms with E-state index in [-0.39, 0.29) is 5.91 Å². The van der Waals surface area contributed by atoms with E-state index >= 15 is 0 Å². The number of carbonyl (C=O) groups excluding carboxylic acids is 1. The number of hydrogen-bond acceptors (Lipinski definition) is 3. The van der Waals surface area contributed by atoms with E-state index in [0.29, 0.717) is 12.5 Å². The fraction of sp³-hybridized carbons (Fsp3) is 0.545. The van der Waals surface area contributed by atoms with Gasteiger partial charge in [-0.1, -0.05) is 0 Å². The number of amides is 1. The van der Waals surface area contributed by atoms with Gasteiger partial charge >= 0.3 is 0 Å². The molecule has 1 unspecified atom stereocenters. The first kappa shape index (κ1) is 10.6. The van der Waals surface area contributed by atoms with E-state index in [2.05, 4.69) is 27.5 Å². The van der Waals surface area contributed by atoms with Gasteiger partial charge in [0, 0.05) is 19.0 Å². The Morgan fingerprint density at radius 1 is 1.60 bits per heavy atom. The van der Waals surface area contributed by atoms with Crippen LogP contribution in [0.3, 0.4) is 0 Å². The summed E-state index contributed by atoms with van der Waals surface area (Å²) in [4.78, 5) is 10.9. The Labute approximate surface area is 93.9 Å². The van der Waals surface area contributed by atoms with Crippen LogP contribution in [-0.2, 0) is 11.2 Å². The van der Waals surface area contributed by atoms with Crippen LogP contribution in [0.25, 0.3) is 0 Å². The molecule has 0 spiro atoms. The molecule has 3 nitrogen and oxygen atoms in total. The highest BCUT2D eigenvalue weighted by atomic mass is 32.1. The molecule has 82 valence electrons. The molecule has 2 N–H and O–H groups in total. The zero-order valence-electron chi connectivity index (χ0n) is 8.66. The molecular weight excluding hydrogens is 208 g/mol. The summed E-state index contributed by atoms with van der Waals surface area (Å²) in [5.74, 6) is 0.194. The molecule has 0 bridgehead atoms. The highest BCUT2D eigenvalue weighted by Gasteiger charge is 2.19. The Balaban J connectivity index is 1.57. The lowest BCUT2D eigenvalue weighted by molar-refractivity contribution is -0.119. The Kier molecular flexibility index (Phi) is 3.75. The van der Waals surface area contributed by atoms with Crippen LogP contribution in [0.5, 0.6) is 0 Å². The predicted octanol–water partition coefficient (Wildman–Crippen LogP) is 1.16. The number of carbonyl (C=O) groups is 1. The van der Waals surface area contributed by atoms with Gasteiger partial charge in [0.05, 0.1) is 0 Å². The van der Waals surface area contributed by atoms with Crippen LogP contribution in [-0.4, -0.2) is 25.0 Å². The van der Waals surface area contributed by atoms with Gasteiger partial charge in [-0.2, -0.15) is 11.3 Å². The molecule has 2 rings (SSSR count). The van der Waals surface area contributed by atoms with Crippen LogP contribution in [0.15, 0.2) is 16.8 Å². The smallest absolute Gasteiger partial charge is 0.220 e. The maximum atomic E-state index is 10.9. The zero-order valence-corrected chi connectivity index (χ0v) is 9.48. The van der Waals surface area contributed by atoms with E-state index in [1.165, 1.54) is 5.56 Å². The van der Waals surface area contributed by atoms with Gasteiger partial charge in [-0.3, -0.25) is 4.79 Å². The van der Waals surface area contributed by atoms with Crippen LogP contribution < -0.4 is 10.6 Å². The van der Waals surface area contributed by atoms with Crippen LogP contribution in [0, 0.1) is 0 Å². The van der Waals surface area contributed by atoms with Crippen molar-refractivity contribution in [2.45, 2.75) is 25.3 Å². The van der Waals surface area contributed by atoms with Gasteiger partial charge in [-0.05, 0) is 41.8 Å². The van der Waals surface area contributed by atoms with E-state index in [4.69, 9.17) is 0 Å². The molecule has 1 amide bonds. The molecule has 0 radical (unpaired) electrons. The molecule has 1 aromatic heterocycles. The van der Waals surface area contributed by atoms with Crippen LogP contribution in [0.1, 0.15) is 18.4 Å². The van der Waals surface area contributed by atoms with Gasteiger partial charge in [0.15, 0.2) is 0 Å². The average molecular weight is 224 g/mol. The van der Waals surface area contributed by atoms with E-state index in [9.17, 15) is 4.79 Å². The van der Waals surface area contributed by atoms with Crippen LogP contribution in [0.4, 0.5) is 0 Å². The van der Waals surface area contributed by atoms with Crippen LogP contribution >= 0.6 is 11.3 Å². The Bertz CT molecular complexity index is 310. The molecule has 1 atom stereocenters. The fourth-order valence-corrected chi connectivity index (χ4v) is 2.48. The first-order valence-corrected chi connectivity index (χ1v) is 6.30. The molecule has 4 heteroatoms. The molecule has 1 aliphatic rings. The van der Waals surface area contributed by atoms with Crippen molar-refractivity contribution in [3.63, 3.8) is 0 Å². The lowest BCUT2D eigenvalue weighted by Gasteiger charge is -2.10. The molecule has 15 heavy (non-hydrogen) atoms. The number of hydrogen-bond donors (Lipinski definition) is 2. The summed E-state index contributed by atoms with van der Waals surface area (Å²) in [6.45, 7) is 1.89. The van der Waals surface area contributed by atoms with Gasteiger partial charge in [-0.25, -0.2) is 0 Å². The molecule has 0 saturated carbocycles. The standard InChI is InChI=1S/C11H16N2OS/c14-11-2-1-10(13-11)7-12-5-3-9-4-6-15-8-9/h4,6,8,10,12H,1-3,5,7H2,(H,13,14). The summed E-state index contributed by atoms with van der Waals surface area (Å²) < 4.78 is 0. The molecule has 2 heterocycles. The first-order chi connectivity index (χ1) is 7.34. The summed E-state index contributed by atoms with van der Waals surface area (Å²) in [5.41, 5.74) is 1.39. The third-order valence-electron chi connectivity index (χ3n) is 2.65. The van der Waals surface area contributed by atoms with Gasteiger partial charge < -0.3 is 10.6 Å². The largest absolute Gasteiger partial charge is 0.352 e. The summed E-state index contributed by atoms with van der Waals surface area (Å²) in [6, 6.07) is 2.50. The summed E-state index contributed by atoms with van der Waals surface area (Å²) in [6.07, 6.45) is 2.74. The van der Waals surface area contributed by atoms with Crippen molar-refractivity contribution in [3.8, 4) is 0 Å². The fourth-order valence-electron chi connectivity index (χ4n) is 1.77.